The van der Waals surface area contributed by atoms with Crippen LogP contribution in [0.3, 0.4) is 0 Å². The molecule has 0 aromatic heterocycles. The maximum absolute atomic E-state index is 12.9. The van der Waals surface area contributed by atoms with Gasteiger partial charge in [-0.3, -0.25) is 4.79 Å². The number of hydrogen-bond donors (Lipinski definition) is 0. The van der Waals surface area contributed by atoms with Crippen LogP contribution in [0.15, 0.2) is 48.5 Å². The van der Waals surface area contributed by atoms with Gasteiger partial charge in [0, 0.05) is 19.2 Å². The Kier molecular flexibility index (Phi) is 6.38. The Morgan fingerprint density at radius 1 is 1.12 bits per heavy atom. The average molecular weight is 327 g/mol. The Balaban J connectivity index is 2.20. The summed E-state index contributed by atoms with van der Waals surface area (Å²) in [6, 6.07) is 15.4. The summed E-state index contributed by atoms with van der Waals surface area (Å²) in [5.74, 6) is 0.823. The van der Waals surface area contributed by atoms with Gasteiger partial charge in [-0.15, -0.1) is 0 Å². The zero-order chi connectivity index (χ0) is 17.5. The van der Waals surface area contributed by atoms with Crippen LogP contribution in [0.1, 0.15) is 41.4 Å². The maximum atomic E-state index is 12.9. The summed E-state index contributed by atoms with van der Waals surface area (Å²) in [5, 5.41) is 0. The van der Waals surface area contributed by atoms with E-state index in [1.54, 1.807) is 14.2 Å². The molecule has 0 heterocycles. The van der Waals surface area contributed by atoms with Crippen molar-refractivity contribution >= 4 is 5.91 Å². The summed E-state index contributed by atoms with van der Waals surface area (Å²) >= 11 is 0. The van der Waals surface area contributed by atoms with E-state index in [4.69, 9.17) is 9.47 Å². The summed E-state index contributed by atoms with van der Waals surface area (Å²) in [6.07, 6.45) is 0. The molecule has 0 spiro atoms. The number of carbonyl (C=O) groups excluding carboxylic acids is 1. The number of rotatable bonds is 7. The number of hydrogen-bond acceptors (Lipinski definition) is 3. The minimum atomic E-state index is -0.0312. The van der Waals surface area contributed by atoms with E-state index in [-0.39, 0.29) is 11.9 Å². The molecule has 2 rings (SSSR count). The SMILES string of the molecule is CCN(C(=O)c1ccc(COC)cc1)C(C)c1cccc(OC)c1. The summed E-state index contributed by atoms with van der Waals surface area (Å²) < 4.78 is 10.4. The second kappa shape index (κ2) is 8.50. The molecule has 2 aromatic rings. The van der Waals surface area contributed by atoms with Crippen molar-refractivity contribution in [1.82, 2.24) is 4.90 Å². The van der Waals surface area contributed by atoms with E-state index < -0.39 is 0 Å². The van der Waals surface area contributed by atoms with Gasteiger partial charge in [-0.2, -0.15) is 0 Å². The lowest BCUT2D eigenvalue weighted by Crippen LogP contribution is -2.33. The molecule has 0 saturated carbocycles. The fourth-order valence-corrected chi connectivity index (χ4v) is 2.75. The monoisotopic (exact) mass is 327 g/mol. The van der Waals surface area contributed by atoms with Crippen molar-refractivity contribution in [2.24, 2.45) is 0 Å². The molecule has 0 aliphatic heterocycles. The Labute approximate surface area is 144 Å². The molecular formula is C20H25NO3. The van der Waals surface area contributed by atoms with Crippen molar-refractivity contribution in [2.75, 3.05) is 20.8 Å². The largest absolute Gasteiger partial charge is 0.497 e. The summed E-state index contributed by atoms with van der Waals surface area (Å²) in [4.78, 5) is 14.7. The molecule has 0 saturated heterocycles. The average Bonchev–Trinajstić information content (AvgIpc) is 2.63. The fraction of sp³-hybridized carbons (Fsp3) is 0.350. The van der Waals surface area contributed by atoms with Crippen LogP contribution in [0.2, 0.25) is 0 Å². The molecular weight excluding hydrogens is 302 g/mol. The van der Waals surface area contributed by atoms with Gasteiger partial charge in [0.05, 0.1) is 19.8 Å². The molecule has 4 heteroatoms. The van der Waals surface area contributed by atoms with Gasteiger partial charge in [0.25, 0.3) is 5.91 Å². The quantitative estimate of drug-likeness (QED) is 0.769. The van der Waals surface area contributed by atoms with Crippen molar-refractivity contribution in [3.05, 3.63) is 65.2 Å². The molecule has 0 aliphatic rings. The molecule has 1 atom stereocenters. The number of methoxy groups -OCH3 is 2. The molecule has 1 unspecified atom stereocenters. The van der Waals surface area contributed by atoms with Crippen LogP contribution in [0.5, 0.6) is 5.75 Å². The van der Waals surface area contributed by atoms with Crippen molar-refractivity contribution in [3.8, 4) is 5.75 Å². The smallest absolute Gasteiger partial charge is 0.254 e. The van der Waals surface area contributed by atoms with Crippen LogP contribution in [-0.2, 0) is 11.3 Å². The Morgan fingerprint density at radius 2 is 1.83 bits per heavy atom. The number of amides is 1. The zero-order valence-electron chi connectivity index (χ0n) is 14.8. The third kappa shape index (κ3) is 4.15. The number of carbonyl (C=O) groups is 1. The minimum absolute atomic E-state index is 0.0248. The predicted molar refractivity (Wildman–Crippen MR) is 95.3 cm³/mol. The van der Waals surface area contributed by atoms with Crippen LogP contribution in [0, 0.1) is 0 Å². The summed E-state index contributed by atoms with van der Waals surface area (Å²) in [7, 11) is 3.31. The van der Waals surface area contributed by atoms with E-state index in [0.717, 1.165) is 16.9 Å². The van der Waals surface area contributed by atoms with Gasteiger partial charge in [0.15, 0.2) is 0 Å². The molecule has 128 valence electrons. The first-order valence-electron chi connectivity index (χ1n) is 8.13. The highest BCUT2D eigenvalue weighted by Gasteiger charge is 2.21. The third-order valence-corrected chi connectivity index (χ3v) is 4.16. The molecule has 0 N–H and O–H groups in total. The second-order valence-electron chi connectivity index (χ2n) is 5.67. The van der Waals surface area contributed by atoms with Gasteiger partial charge in [0.1, 0.15) is 5.75 Å². The Hall–Kier alpha value is -2.33. The van der Waals surface area contributed by atoms with Crippen LogP contribution in [-0.4, -0.2) is 31.6 Å². The molecule has 0 fully saturated rings. The lowest BCUT2D eigenvalue weighted by Gasteiger charge is -2.29. The first-order chi connectivity index (χ1) is 11.6. The standard InChI is InChI=1S/C20H25NO3/c1-5-21(15(2)18-7-6-8-19(13-18)24-4)20(22)17-11-9-16(10-12-17)14-23-3/h6-13,15H,5,14H2,1-4H3. The van der Waals surface area contributed by atoms with Gasteiger partial charge >= 0.3 is 0 Å². The maximum Gasteiger partial charge on any atom is 0.254 e. The molecule has 1 amide bonds. The lowest BCUT2D eigenvalue weighted by atomic mass is 10.0. The van der Waals surface area contributed by atoms with E-state index in [2.05, 4.69) is 0 Å². The number of ether oxygens (including phenoxy) is 2. The number of benzene rings is 2. The highest BCUT2D eigenvalue weighted by molar-refractivity contribution is 5.94. The van der Waals surface area contributed by atoms with Crippen LogP contribution in [0.25, 0.3) is 0 Å². The van der Waals surface area contributed by atoms with E-state index in [1.165, 1.54) is 0 Å². The first kappa shape index (κ1) is 18.0. The van der Waals surface area contributed by atoms with Crippen LogP contribution in [0.4, 0.5) is 0 Å². The van der Waals surface area contributed by atoms with Crippen molar-refractivity contribution in [3.63, 3.8) is 0 Å². The van der Waals surface area contributed by atoms with Gasteiger partial charge in [-0.05, 0) is 49.2 Å². The second-order valence-corrected chi connectivity index (χ2v) is 5.67. The lowest BCUT2D eigenvalue weighted by molar-refractivity contribution is 0.0702. The van der Waals surface area contributed by atoms with Crippen molar-refractivity contribution in [2.45, 2.75) is 26.5 Å². The minimum Gasteiger partial charge on any atom is -0.497 e. The molecule has 0 aliphatic carbocycles. The predicted octanol–water partition coefficient (Wildman–Crippen LogP) is 4.06. The fourth-order valence-electron chi connectivity index (χ4n) is 2.75. The summed E-state index contributed by atoms with van der Waals surface area (Å²) in [6.45, 7) is 5.21. The summed E-state index contributed by atoms with van der Waals surface area (Å²) in [5.41, 5.74) is 2.80. The normalized spacial score (nSPS) is 11.8. The topological polar surface area (TPSA) is 38.8 Å². The van der Waals surface area contributed by atoms with Crippen molar-refractivity contribution < 1.29 is 14.3 Å². The molecule has 2 aromatic carbocycles. The molecule has 4 nitrogen and oxygen atoms in total. The van der Waals surface area contributed by atoms with Crippen molar-refractivity contribution in [1.29, 1.82) is 0 Å². The van der Waals surface area contributed by atoms with Gasteiger partial charge in [0.2, 0.25) is 0 Å². The van der Waals surface area contributed by atoms with E-state index in [1.807, 2.05) is 67.3 Å². The van der Waals surface area contributed by atoms with E-state index in [9.17, 15) is 4.79 Å². The molecule has 24 heavy (non-hydrogen) atoms. The third-order valence-electron chi connectivity index (χ3n) is 4.16. The Morgan fingerprint density at radius 3 is 2.42 bits per heavy atom. The van der Waals surface area contributed by atoms with Crippen LogP contribution < -0.4 is 4.74 Å². The van der Waals surface area contributed by atoms with E-state index >= 15 is 0 Å². The van der Waals surface area contributed by atoms with Gasteiger partial charge < -0.3 is 14.4 Å². The van der Waals surface area contributed by atoms with E-state index in [0.29, 0.717) is 18.7 Å². The number of nitrogens with zero attached hydrogens (tertiary/aromatic N) is 1. The van der Waals surface area contributed by atoms with Gasteiger partial charge in [-0.25, -0.2) is 0 Å². The highest BCUT2D eigenvalue weighted by atomic mass is 16.5. The molecule has 0 bridgehead atoms. The molecule has 0 radical (unpaired) electrons. The van der Waals surface area contributed by atoms with Gasteiger partial charge in [-0.1, -0.05) is 24.3 Å². The van der Waals surface area contributed by atoms with Crippen LogP contribution >= 0.6 is 0 Å². The first-order valence-corrected chi connectivity index (χ1v) is 8.13. The Bertz CT molecular complexity index is 667. The zero-order valence-corrected chi connectivity index (χ0v) is 14.8. The highest BCUT2D eigenvalue weighted by Crippen LogP contribution is 2.25.